The van der Waals surface area contributed by atoms with Gasteiger partial charge in [-0.05, 0) is 52.0 Å². The molecule has 2 N–H and O–H groups in total. The van der Waals surface area contributed by atoms with Gasteiger partial charge in [-0.25, -0.2) is 0 Å². The van der Waals surface area contributed by atoms with Gasteiger partial charge >= 0.3 is 0 Å². The molecule has 1 unspecified atom stereocenters. The molecule has 0 fully saturated rings. The second-order valence-corrected chi connectivity index (χ2v) is 4.42. The average Bonchev–Trinajstić information content (AvgIpc) is 2.18. The molecule has 0 spiro atoms. The van der Waals surface area contributed by atoms with Crippen LogP contribution in [0.15, 0.2) is 18.2 Å². The quantitative estimate of drug-likeness (QED) is 0.818. The fourth-order valence-electron chi connectivity index (χ4n) is 1.97. The van der Waals surface area contributed by atoms with Gasteiger partial charge in [0.2, 0.25) is 0 Å². The lowest BCUT2D eigenvalue weighted by Gasteiger charge is -2.26. The molecular formula is C13H22N2. The van der Waals surface area contributed by atoms with Crippen molar-refractivity contribution in [3.8, 4) is 0 Å². The Labute approximate surface area is 93.1 Å². The molecule has 1 aromatic rings. The van der Waals surface area contributed by atoms with Gasteiger partial charge in [-0.15, -0.1) is 0 Å². The van der Waals surface area contributed by atoms with Gasteiger partial charge in [0.05, 0.1) is 0 Å². The molecule has 0 amide bonds. The molecule has 1 atom stereocenters. The van der Waals surface area contributed by atoms with Gasteiger partial charge in [0.25, 0.3) is 0 Å². The van der Waals surface area contributed by atoms with Gasteiger partial charge in [0.1, 0.15) is 0 Å². The van der Waals surface area contributed by atoms with E-state index in [1.54, 1.807) is 0 Å². The van der Waals surface area contributed by atoms with E-state index in [9.17, 15) is 0 Å². The van der Waals surface area contributed by atoms with E-state index >= 15 is 0 Å². The Morgan fingerprint density at radius 3 is 2.47 bits per heavy atom. The first-order valence-corrected chi connectivity index (χ1v) is 5.50. The summed E-state index contributed by atoms with van der Waals surface area (Å²) in [5, 5.41) is 0. The lowest BCUT2D eigenvalue weighted by atomic mass is 9.96. The summed E-state index contributed by atoms with van der Waals surface area (Å²) in [6.45, 7) is 5.04. The van der Waals surface area contributed by atoms with Crippen molar-refractivity contribution in [2.45, 2.75) is 26.3 Å². The van der Waals surface area contributed by atoms with E-state index in [1.165, 1.54) is 16.7 Å². The van der Waals surface area contributed by atoms with Gasteiger partial charge in [0.15, 0.2) is 0 Å². The highest BCUT2D eigenvalue weighted by atomic mass is 15.1. The third kappa shape index (κ3) is 3.05. The summed E-state index contributed by atoms with van der Waals surface area (Å²) in [5.74, 6) is 0. The van der Waals surface area contributed by atoms with E-state index in [0.29, 0.717) is 6.04 Å². The van der Waals surface area contributed by atoms with Crippen molar-refractivity contribution >= 4 is 0 Å². The van der Waals surface area contributed by atoms with Crippen molar-refractivity contribution in [2.24, 2.45) is 5.73 Å². The van der Waals surface area contributed by atoms with Gasteiger partial charge in [-0.1, -0.05) is 23.8 Å². The Morgan fingerprint density at radius 2 is 1.93 bits per heavy atom. The van der Waals surface area contributed by atoms with Gasteiger partial charge < -0.3 is 10.6 Å². The fraction of sp³-hybridized carbons (Fsp3) is 0.538. The molecule has 0 aromatic heterocycles. The van der Waals surface area contributed by atoms with Crippen LogP contribution in [0.2, 0.25) is 0 Å². The minimum absolute atomic E-state index is 0.440. The maximum Gasteiger partial charge on any atom is 0.0356 e. The van der Waals surface area contributed by atoms with E-state index in [2.05, 4.69) is 51.0 Å². The standard InChI is InChI=1S/C13H22N2/c1-10-5-6-11(2)12(9-10)13(7-8-14)15(3)4/h5-6,9,13H,7-8,14H2,1-4H3. The summed E-state index contributed by atoms with van der Waals surface area (Å²) in [7, 11) is 4.23. The zero-order valence-electron chi connectivity index (χ0n) is 10.2. The summed E-state index contributed by atoms with van der Waals surface area (Å²) in [5.41, 5.74) is 9.75. The predicted molar refractivity (Wildman–Crippen MR) is 66.0 cm³/mol. The van der Waals surface area contributed by atoms with Crippen LogP contribution in [0.5, 0.6) is 0 Å². The highest BCUT2D eigenvalue weighted by Gasteiger charge is 2.15. The molecule has 1 rings (SSSR count). The molecule has 2 nitrogen and oxygen atoms in total. The van der Waals surface area contributed by atoms with Crippen LogP contribution in [0.3, 0.4) is 0 Å². The smallest absolute Gasteiger partial charge is 0.0356 e. The minimum atomic E-state index is 0.440. The van der Waals surface area contributed by atoms with Crippen LogP contribution in [0.25, 0.3) is 0 Å². The molecule has 0 radical (unpaired) electrons. The summed E-state index contributed by atoms with van der Waals surface area (Å²) >= 11 is 0. The topological polar surface area (TPSA) is 29.3 Å². The van der Waals surface area contributed by atoms with E-state index < -0.39 is 0 Å². The van der Waals surface area contributed by atoms with Crippen LogP contribution in [0.1, 0.15) is 29.2 Å². The van der Waals surface area contributed by atoms with Crippen molar-refractivity contribution in [3.05, 3.63) is 34.9 Å². The number of aryl methyl sites for hydroxylation is 2. The first-order valence-electron chi connectivity index (χ1n) is 5.50. The molecule has 0 heterocycles. The molecule has 0 bridgehead atoms. The normalized spacial score (nSPS) is 13.2. The van der Waals surface area contributed by atoms with Crippen LogP contribution in [0, 0.1) is 13.8 Å². The zero-order valence-corrected chi connectivity index (χ0v) is 10.2. The molecule has 0 aliphatic rings. The molecule has 0 aliphatic heterocycles. The summed E-state index contributed by atoms with van der Waals surface area (Å²) in [6.07, 6.45) is 1.01. The molecular weight excluding hydrogens is 184 g/mol. The van der Waals surface area contributed by atoms with Gasteiger partial charge in [-0.3, -0.25) is 0 Å². The van der Waals surface area contributed by atoms with Crippen molar-refractivity contribution in [1.82, 2.24) is 4.90 Å². The van der Waals surface area contributed by atoms with E-state index in [-0.39, 0.29) is 0 Å². The van der Waals surface area contributed by atoms with E-state index in [1.807, 2.05) is 0 Å². The highest BCUT2D eigenvalue weighted by molar-refractivity contribution is 5.33. The van der Waals surface area contributed by atoms with Crippen LogP contribution in [-0.2, 0) is 0 Å². The number of benzene rings is 1. The maximum absolute atomic E-state index is 5.67. The van der Waals surface area contributed by atoms with Gasteiger partial charge in [0, 0.05) is 6.04 Å². The maximum atomic E-state index is 5.67. The Kier molecular flexibility index (Phi) is 4.30. The number of nitrogens with two attached hydrogens (primary N) is 1. The van der Waals surface area contributed by atoms with Gasteiger partial charge in [-0.2, -0.15) is 0 Å². The fourth-order valence-corrected chi connectivity index (χ4v) is 1.97. The molecule has 0 saturated carbocycles. The first-order chi connectivity index (χ1) is 7.06. The Morgan fingerprint density at radius 1 is 1.27 bits per heavy atom. The Balaban J connectivity index is 3.04. The zero-order chi connectivity index (χ0) is 11.4. The Bertz CT molecular complexity index is 318. The van der Waals surface area contributed by atoms with Crippen molar-refractivity contribution in [1.29, 1.82) is 0 Å². The van der Waals surface area contributed by atoms with Crippen LogP contribution < -0.4 is 5.73 Å². The molecule has 1 aromatic carbocycles. The SMILES string of the molecule is Cc1ccc(C)c(C(CCN)N(C)C)c1. The minimum Gasteiger partial charge on any atom is -0.330 e. The summed E-state index contributed by atoms with van der Waals surface area (Å²) < 4.78 is 0. The monoisotopic (exact) mass is 206 g/mol. The first kappa shape index (κ1) is 12.2. The average molecular weight is 206 g/mol. The van der Waals surface area contributed by atoms with Crippen LogP contribution in [0.4, 0.5) is 0 Å². The van der Waals surface area contributed by atoms with E-state index in [4.69, 9.17) is 5.73 Å². The van der Waals surface area contributed by atoms with Crippen molar-refractivity contribution < 1.29 is 0 Å². The number of hydrogen-bond acceptors (Lipinski definition) is 2. The van der Waals surface area contributed by atoms with Crippen molar-refractivity contribution in [3.63, 3.8) is 0 Å². The molecule has 0 aliphatic carbocycles. The summed E-state index contributed by atoms with van der Waals surface area (Å²) in [6, 6.07) is 7.07. The molecule has 84 valence electrons. The number of rotatable bonds is 4. The number of nitrogens with zero attached hydrogens (tertiary/aromatic N) is 1. The van der Waals surface area contributed by atoms with Crippen LogP contribution >= 0.6 is 0 Å². The van der Waals surface area contributed by atoms with E-state index in [0.717, 1.165) is 13.0 Å². The predicted octanol–water partition coefficient (Wildman–Crippen LogP) is 2.25. The third-order valence-electron chi connectivity index (χ3n) is 2.86. The van der Waals surface area contributed by atoms with Crippen molar-refractivity contribution in [2.75, 3.05) is 20.6 Å². The second kappa shape index (κ2) is 5.29. The molecule has 2 heteroatoms. The Hall–Kier alpha value is -0.860. The molecule has 15 heavy (non-hydrogen) atoms. The summed E-state index contributed by atoms with van der Waals surface area (Å²) in [4.78, 5) is 2.24. The van der Waals surface area contributed by atoms with Crippen LogP contribution in [-0.4, -0.2) is 25.5 Å². The number of hydrogen-bond donors (Lipinski definition) is 1. The molecule has 0 saturated heterocycles. The lowest BCUT2D eigenvalue weighted by Crippen LogP contribution is -2.23. The lowest BCUT2D eigenvalue weighted by molar-refractivity contribution is 0.286. The highest BCUT2D eigenvalue weighted by Crippen LogP contribution is 2.25. The third-order valence-corrected chi connectivity index (χ3v) is 2.86. The largest absolute Gasteiger partial charge is 0.330 e. The second-order valence-electron chi connectivity index (χ2n) is 4.42.